The van der Waals surface area contributed by atoms with E-state index in [1.807, 2.05) is 10.3 Å². The summed E-state index contributed by atoms with van der Waals surface area (Å²) in [4.78, 5) is 18.1. The number of thiazole rings is 1. The van der Waals surface area contributed by atoms with Crippen LogP contribution in [-0.2, 0) is 9.53 Å². The van der Waals surface area contributed by atoms with Crippen molar-refractivity contribution in [1.82, 2.24) is 9.88 Å². The van der Waals surface area contributed by atoms with Gasteiger partial charge in [0.25, 0.3) is 0 Å². The lowest BCUT2D eigenvalue weighted by atomic mass is 10.0. The van der Waals surface area contributed by atoms with E-state index in [4.69, 9.17) is 4.74 Å². The largest absolute Gasteiger partial charge is 0.375 e. The lowest BCUT2D eigenvalue weighted by Crippen LogP contribution is -2.40. The van der Waals surface area contributed by atoms with Crippen LogP contribution in [0.5, 0.6) is 0 Å². The van der Waals surface area contributed by atoms with Gasteiger partial charge in [0.1, 0.15) is 11.6 Å². The Bertz CT molecular complexity index is 340. The molecule has 0 aliphatic carbocycles. The molecule has 1 fully saturated rings. The Kier molecular flexibility index (Phi) is 3.90. The number of rotatable bonds is 3. The Morgan fingerprint density at radius 2 is 2.56 bits per heavy atom. The highest BCUT2D eigenvalue weighted by atomic mass is 32.1. The van der Waals surface area contributed by atoms with Crippen LogP contribution in [0.15, 0.2) is 11.6 Å². The van der Waals surface area contributed by atoms with Crippen LogP contribution in [0.25, 0.3) is 0 Å². The Morgan fingerprint density at radius 3 is 3.25 bits per heavy atom. The number of carbonyl (C=O) groups excluding carboxylic acids is 1. The number of hydrogen-bond acceptors (Lipinski definition) is 4. The van der Waals surface area contributed by atoms with Crippen LogP contribution in [0.3, 0.4) is 0 Å². The molecule has 1 aromatic rings. The van der Waals surface area contributed by atoms with Gasteiger partial charge in [-0.05, 0) is 19.3 Å². The van der Waals surface area contributed by atoms with Crippen LogP contribution in [0.2, 0.25) is 0 Å². The first-order valence-electron chi connectivity index (χ1n) is 5.50. The molecule has 0 N–H and O–H groups in total. The molecule has 0 spiro atoms. The number of nitrogens with zero attached hydrogens (tertiary/aromatic N) is 2. The molecule has 0 radical (unpaired) electrons. The van der Waals surface area contributed by atoms with Crippen LogP contribution in [-0.4, -0.2) is 36.1 Å². The van der Waals surface area contributed by atoms with Gasteiger partial charge in [-0.25, -0.2) is 4.98 Å². The summed E-state index contributed by atoms with van der Waals surface area (Å²) in [6.07, 6.45) is 5.06. The highest BCUT2D eigenvalue weighted by Crippen LogP contribution is 2.31. The van der Waals surface area contributed by atoms with Gasteiger partial charge < -0.3 is 9.64 Å². The van der Waals surface area contributed by atoms with E-state index in [2.05, 4.69) is 4.98 Å². The first kappa shape index (κ1) is 11.5. The molecule has 1 saturated heterocycles. The third-order valence-corrected chi connectivity index (χ3v) is 3.70. The monoisotopic (exact) mass is 240 g/mol. The molecular formula is C11H16N2O2S. The smallest absolute Gasteiger partial charge is 0.249 e. The van der Waals surface area contributed by atoms with Gasteiger partial charge in [0.05, 0.1) is 6.04 Å². The number of carbonyl (C=O) groups is 1. The van der Waals surface area contributed by atoms with E-state index in [0.29, 0.717) is 0 Å². The van der Waals surface area contributed by atoms with Crippen LogP contribution in [0.4, 0.5) is 0 Å². The van der Waals surface area contributed by atoms with Crippen molar-refractivity contribution < 1.29 is 9.53 Å². The summed E-state index contributed by atoms with van der Waals surface area (Å²) in [6, 6.07) is 0.163. The van der Waals surface area contributed by atoms with Gasteiger partial charge in [0.15, 0.2) is 0 Å². The summed E-state index contributed by atoms with van der Waals surface area (Å²) in [5.74, 6) is 0.0717. The fraction of sp³-hybridized carbons (Fsp3) is 0.636. The third kappa shape index (κ3) is 2.41. The standard InChI is InChI=1S/C11H16N2O2S/c1-15-8-10(14)13-6-3-2-4-9(13)11-12-5-7-16-11/h5,7,9H,2-4,6,8H2,1H3. The number of amides is 1. The maximum absolute atomic E-state index is 11.9. The van der Waals surface area contributed by atoms with E-state index in [1.165, 1.54) is 6.42 Å². The summed E-state index contributed by atoms with van der Waals surface area (Å²) < 4.78 is 4.91. The lowest BCUT2D eigenvalue weighted by molar-refractivity contribution is -0.139. The van der Waals surface area contributed by atoms with Crippen molar-refractivity contribution in [1.29, 1.82) is 0 Å². The maximum Gasteiger partial charge on any atom is 0.249 e. The van der Waals surface area contributed by atoms with Gasteiger partial charge in [0, 0.05) is 25.2 Å². The molecule has 1 unspecified atom stereocenters. The fourth-order valence-corrected chi connectivity index (χ4v) is 2.88. The number of ether oxygens (including phenoxy) is 1. The summed E-state index contributed by atoms with van der Waals surface area (Å²) >= 11 is 1.62. The minimum absolute atomic E-state index is 0.0717. The lowest BCUT2D eigenvalue weighted by Gasteiger charge is -2.34. The van der Waals surface area contributed by atoms with Crippen LogP contribution >= 0.6 is 11.3 Å². The third-order valence-electron chi connectivity index (χ3n) is 2.83. The molecular weight excluding hydrogens is 224 g/mol. The minimum atomic E-state index is 0.0717. The average Bonchev–Trinajstić information content (AvgIpc) is 2.83. The predicted molar refractivity (Wildman–Crippen MR) is 62.3 cm³/mol. The maximum atomic E-state index is 11.9. The van der Waals surface area contributed by atoms with Crippen LogP contribution in [0, 0.1) is 0 Å². The highest BCUT2D eigenvalue weighted by Gasteiger charge is 2.29. The van der Waals surface area contributed by atoms with E-state index < -0.39 is 0 Å². The normalized spacial score (nSPS) is 21.1. The topological polar surface area (TPSA) is 42.4 Å². The molecule has 0 bridgehead atoms. The van der Waals surface area contributed by atoms with Gasteiger partial charge in [0.2, 0.25) is 5.91 Å². The zero-order chi connectivity index (χ0) is 11.4. The van der Waals surface area contributed by atoms with Crippen molar-refractivity contribution in [2.24, 2.45) is 0 Å². The van der Waals surface area contributed by atoms with Gasteiger partial charge in [-0.2, -0.15) is 0 Å². The molecule has 1 atom stereocenters. The first-order valence-corrected chi connectivity index (χ1v) is 6.38. The second-order valence-electron chi connectivity index (χ2n) is 3.90. The van der Waals surface area contributed by atoms with Crippen molar-refractivity contribution in [3.05, 3.63) is 16.6 Å². The van der Waals surface area contributed by atoms with Gasteiger partial charge in [-0.1, -0.05) is 0 Å². The molecule has 1 aliphatic heterocycles. The van der Waals surface area contributed by atoms with Crippen LogP contribution < -0.4 is 0 Å². The van der Waals surface area contributed by atoms with Crippen molar-refractivity contribution in [2.75, 3.05) is 20.3 Å². The Morgan fingerprint density at radius 1 is 1.69 bits per heavy atom. The highest BCUT2D eigenvalue weighted by molar-refractivity contribution is 7.09. The summed E-state index contributed by atoms with van der Waals surface area (Å²) in [7, 11) is 1.56. The summed E-state index contributed by atoms with van der Waals surface area (Å²) in [5, 5.41) is 3.01. The van der Waals surface area contributed by atoms with E-state index in [-0.39, 0.29) is 18.6 Å². The molecule has 4 nitrogen and oxygen atoms in total. The van der Waals surface area contributed by atoms with Crippen LogP contribution in [0.1, 0.15) is 30.3 Å². The number of methoxy groups -OCH3 is 1. The number of hydrogen-bond donors (Lipinski definition) is 0. The van der Waals surface area contributed by atoms with Crippen molar-refractivity contribution in [2.45, 2.75) is 25.3 Å². The van der Waals surface area contributed by atoms with E-state index in [0.717, 1.165) is 24.4 Å². The molecule has 16 heavy (non-hydrogen) atoms. The molecule has 0 aromatic carbocycles. The minimum Gasteiger partial charge on any atom is -0.375 e. The quantitative estimate of drug-likeness (QED) is 0.809. The van der Waals surface area contributed by atoms with E-state index in [9.17, 15) is 4.79 Å². The molecule has 2 rings (SSSR count). The van der Waals surface area contributed by atoms with E-state index in [1.54, 1.807) is 24.6 Å². The number of likely N-dealkylation sites (tertiary alicyclic amines) is 1. The van der Waals surface area contributed by atoms with Crippen molar-refractivity contribution in [3.63, 3.8) is 0 Å². The predicted octanol–water partition coefficient (Wildman–Crippen LogP) is 1.84. The van der Waals surface area contributed by atoms with Crippen molar-refractivity contribution in [3.8, 4) is 0 Å². The molecule has 1 aliphatic rings. The van der Waals surface area contributed by atoms with Gasteiger partial charge >= 0.3 is 0 Å². The second kappa shape index (κ2) is 5.41. The fourth-order valence-electron chi connectivity index (χ4n) is 2.09. The molecule has 1 aromatic heterocycles. The van der Waals surface area contributed by atoms with Crippen molar-refractivity contribution >= 4 is 17.2 Å². The molecule has 5 heteroatoms. The zero-order valence-corrected chi connectivity index (χ0v) is 10.2. The number of aromatic nitrogens is 1. The SMILES string of the molecule is COCC(=O)N1CCCCC1c1nccs1. The summed E-state index contributed by atoms with van der Waals surface area (Å²) in [6.45, 7) is 0.994. The molecule has 0 saturated carbocycles. The first-order chi connectivity index (χ1) is 7.83. The zero-order valence-electron chi connectivity index (χ0n) is 9.39. The second-order valence-corrected chi connectivity index (χ2v) is 4.83. The Hall–Kier alpha value is -0.940. The summed E-state index contributed by atoms with van der Waals surface area (Å²) in [5.41, 5.74) is 0. The molecule has 2 heterocycles. The van der Waals surface area contributed by atoms with E-state index >= 15 is 0 Å². The van der Waals surface area contributed by atoms with Gasteiger partial charge in [-0.15, -0.1) is 11.3 Å². The number of piperidine rings is 1. The Labute approximate surface area is 99.2 Å². The van der Waals surface area contributed by atoms with Gasteiger partial charge in [-0.3, -0.25) is 4.79 Å². The molecule has 1 amide bonds. The Balaban J connectivity index is 2.11. The average molecular weight is 240 g/mol. The molecule has 88 valence electrons.